The summed E-state index contributed by atoms with van der Waals surface area (Å²) in [7, 11) is -3.20. The van der Waals surface area contributed by atoms with Crippen molar-refractivity contribution < 1.29 is 8.42 Å². The molecule has 5 heteroatoms. The van der Waals surface area contributed by atoms with Crippen LogP contribution >= 0.6 is 0 Å². The van der Waals surface area contributed by atoms with Crippen molar-refractivity contribution in [2.45, 2.75) is 82.4 Å². The number of rotatable bonds is 6. The number of nitrogens with zero attached hydrogens (tertiary/aromatic N) is 1. The van der Waals surface area contributed by atoms with Gasteiger partial charge in [-0.3, -0.25) is 0 Å². The monoisotopic (exact) mass is 316 g/mol. The van der Waals surface area contributed by atoms with Crippen LogP contribution in [0.25, 0.3) is 0 Å². The second-order valence-electron chi connectivity index (χ2n) is 7.13. The Morgan fingerprint density at radius 2 is 1.71 bits per heavy atom. The summed E-state index contributed by atoms with van der Waals surface area (Å²) in [6.45, 7) is 5.42. The topological polar surface area (TPSA) is 63.4 Å². The molecule has 124 valence electrons. The molecule has 0 aromatic carbocycles. The molecule has 0 aliphatic heterocycles. The van der Waals surface area contributed by atoms with Crippen molar-refractivity contribution in [1.29, 1.82) is 0 Å². The Labute approximate surface area is 130 Å². The van der Waals surface area contributed by atoms with Crippen molar-refractivity contribution in [2.24, 2.45) is 11.7 Å². The van der Waals surface area contributed by atoms with Crippen LogP contribution in [0.5, 0.6) is 0 Å². The first-order valence-corrected chi connectivity index (χ1v) is 10.2. The Morgan fingerprint density at radius 3 is 2.19 bits per heavy atom. The average Bonchev–Trinajstić information content (AvgIpc) is 3.01. The first-order valence-electron chi connectivity index (χ1n) is 8.68. The fourth-order valence-electron chi connectivity index (χ4n) is 4.06. The van der Waals surface area contributed by atoms with Gasteiger partial charge in [0.05, 0.1) is 5.25 Å². The second-order valence-corrected chi connectivity index (χ2v) is 9.27. The van der Waals surface area contributed by atoms with Crippen molar-refractivity contribution in [1.82, 2.24) is 4.31 Å². The number of hydrogen-bond donors (Lipinski definition) is 1. The van der Waals surface area contributed by atoms with E-state index < -0.39 is 10.0 Å². The average molecular weight is 317 g/mol. The smallest absolute Gasteiger partial charge is 0.217 e. The summed E-state index contributed by atoms with van der Waals surface area (Å²) < 4.78 is 28.1. The SMILES string of the molecule is CCCN(C1(CN)CCC(C)CC1)S(=O)(=O)C1CCCC1. The van der Waals surface area contributed by atoms with Gasteiger partial charge in [-0.05, 0) is 50.9 Å². The maximum absolute atomic E-state index is 13.1. The lowest BCUT2D eigenvalue weighted by Crippen LogP contribution is -2.59. The lowest BCUT2D eigenvalue weighted by atomic mass is 9.77. The van der Waals surface area contributed by atoms with Crippen LogP contribution in [-0.4, -0.2) is 36.6 Å². The lowest BCUT2D eigenvalue weighted by molar-refractivity contribution is 0.114. The Bertz CT molecular complexity index is 422. The van der Waals surface area contributed by atoms with Crippen molar-refractivity contribution >= 4 is 10.0 Å². The highest BCUT2D eigenvalue weighted by Crippen LogP contribution is 2.40. The Morgan fingerprint density at radius 1 is 1.14 bits per heavy atom. The Hall–Kier alpha value is -0.130. The minimum Gasteiger partial charge on any atom is -0.329 e. The van der Waals surface area contributed by atoms with Crippen molar-refractivity contribution in [2.75, 3.05) is 13.1 Å². The predicted octanol–water partition coefficient (Wildman–Crippen LogP) is 2.88. The first kappa shape index (κ1) is 17.2. The molecule has 2 aliphatic rings. The van der Waals surface area contributed by atoms with E-state index >= 15 is 0 Å². The molecule has 2 aliphatic carbocycles. The van der Waals surface area contributed by atoms with E-state index in [1.807, 2.05) is 4.31 Å². The third kappa shape index (κ3) is 3.45. The van der Waals surface area contributed by atoms with Crippen LogP contribution in [0.2, 0.25) is 0 Å². The predicted molar refractivity (Wildman–Crippen MR) is 87.6 cm³/mol. The molecule has 2 fully saturated rings. The summed E-state index contributed by atoms with van der Waals surface area (Å²) in [5.41, 5.74) is 5.79. The van der Waals surface area contributed by atoms with Crippen molar-refractivity contribution in [3.8, 4) is 0 Å². The van der Waals surface area contributed by atoms with Gasteiger partial charge in [-0.2, -0.15) is 4.31 Å². The highest BCUT2D eigenvalue weighted by molar-refractivity contribution is 7.89. The molecule has 0 amide bonds. The van der Waals surface area contributed by atoms with Gasteiger partial charge in [0.15, 0.2) is 0 Å². The Balaban J connectivity index is 2.27. The maximum atomic E-state index is 13.1. The van der Waals surface area contributed by atoms with Crippen molar-refractivity contribution in [3.05, 3.63) is 0 Å². The second kappa shape index (κ2) is 6.97. The highest BCUT2D eigenvalue weighted by Gasteiger charge is 2.46. The van der Waals surface area contributed by atoms with Gasteiger partial charge in [0.1, 0.15) is 0 Å². The van der Waals surface area contributed by atoms with Gasteiger partial charge < -0.3 is 5.73 Å². The van der Waals surface area contributed by atoms with E-state index in [9.17, 15) is 8.42 Å². The molecular weight excluding hydrogens is 284 g/mol. The van der Waals surface area contributed by atoms with Gasteiger partial charge in [-0.15, -0.1) is 0 Å². The van der Waals surface area contributed by atoms with Crippen molar-refractivity contribution in [3.63, 3.8) is 0 Å². The summed E-state index contributed by atoms with van der Waals surface area (Å²) in [5.74, 6) is 0.697. The quantitative estimate of drug-likeness (QED) is 0.819. The summed E-state index contributed by atoms with van der Waals surface area (Å²) in [4.78, 5) is 0. The summed E-state index contributed by atoms with van der Waals surface area (Å²) in [6, 6.07) is 0. The molecule has 0 radical (unpaired) electrons. The van der Waals surface area contributed by atoms with Crippen LogP contribution < -0.4 is 5.73 Å². The number of hydrogen-bond acceptors (Lipinski definition) is 3. The molecule has 2 rings (SSSR count). The highest BCUT2D eigenvalue weighted by atomic mass is 32.2. The molecule has 0 aromatic rings. The molecule has 0 unspecified atom stereocenters. The number of sulfonamides is 1. The fourth-order valence-corrected chi connectivity index (χ4v) is 6.58. The molecule has 0 atom stereocenters. The normalized spacial score (nSPS) is 31.9. The number of nitrogens with two attached hydrogens (primary N) is 1. The molecule has 0 aromatic heterocycles. The molecule has 0 bridgehead atoms. The van der Waals surface area contributed by atoms with Gasteiger partial charge in [0, 0.05) is 18.6 Å². The molecule has 2 N–H and O–H groups in total. The summed E-state index contributed by atoms with van der Waals surface area (Å²) in [6.07, 6.45) is 8.68. The summed E-state index contributed by atoms with van der Waals surface area (Å²) in [5, 5.41) is -0.160. The zero-order chi connectivity index (χ0) is 15.5. The van der Waals surface area contributed by atoms with E-state index in [0.29, 0.717) is 19.0 Å². The Kier molecular flexibility index (Phi) is 5.71. The minimum atomic E-state index is -3.20. The lowest BCUT2D eigenvalue weighted by Gasteiger charge is -2.47. The van der Waals surface area contributed by atoms with Crippen LogP contribution in [0.3, 0.4) is 0 Å². The molecule has 0 saturated heterocycles. The van der Waals surface area contributed by atoms with E-state index in [-0.39, 0.29) is 10.8 Å². The molecule has 2 saturated carbocycles. The van der Waals surface area contributed by atoms with Gasteiger partial charge in [0.2, 0.25) is 10.0 Å². The van der Waals surface area contributed by atoms with Crippen LogP contribution in [-0.2, 0) is 10.0 Å². The molecule has 4 nitrogen and oxygen atoms in total. The van der Waals surface area contributed by atoms with Gasteiger partial charge in [0.25, 0.3) is 0 Å². The fraction of sp³-hybridized carbons (Fsp3) is 1.00. The third-order valence-electron chi connectivity index (χ3n) is 5.57. The minimum absolute atomic E-state index is 0.160. The zero-order valence-electron chi connectivity index (χ0n) is 13.7. The van der Waals surface area contributed by atoms with Gasteiger partial charge in [-0.1, -0.05) is 26.7 Å². The molecule has 0 spiro atoms. The van der Waals surface area contributed by atoms with Crippen LogP contribution in [0, 0.1) is 5.92 Å². The van der Waals surface area contributed by atoms with Crippen LogP contribution in [0.1, 0.15) is 71.6 Å². The van der Waals surface area contributed by atoms with E-state index in [1.165, 1.54) is 0 Å². The van der Waals surface area contributed by atoms with Gasteiger partial charge >= 0.3 is 0 Å². The van der Waals surface area contributed by atoms with E-state index in [4.69, 9.17) is 5.73 Å². The van der Waals surface area contributed by atoms with E-state index in [1.54, 1.807) is 0 Å². The molecule has 0 heterocycles. The first-order chi connectivity index (χ1) is 9.96. The zero-order valence-corrected chi connectivity index (χ0v) is 14.5. The van der Waals surface area contributed by atoms with Crippen LogP contribution in [0.4, 0.5) is 0 Å². The standard InChI is InChI=1S/C16H32N2O2S/c1-3-12-18(21(19,20)15-6-4-5-7-15)16(13-17)10-8-14(2)9-11-16/h14-15H,3-13,17H2,1-2H3. The third-order valence-corrected chi connectivity index (χ3v) is 8.07. The largest absolute Gasteiger partial charge is 0.329 e. The molecule has 21 heavy (non-hydrogen) atoms. The molecular formula is C16H32N2O2S. The maximum Gasteiger partial charge on any atom is 0.217 e. The van der Waals surface area contributed by atoms with E-state index in [2.05, 4.69) is 13.8 Å². The summed E-state index contributed by atoms with van der Waals surface area (Å²) >= 11 is 0. The van der Waals surface area contributed by atoms with E-state index in [0.717, 1.165) is 57.8 Å². The van der Waals surface area contributed by atoms with Gasteiger partial charge in [-0.25, -0.2) is 8.42 Å². The van der Waals surface area contributed by atoms with Crippen LogP contribution in [0.15, 0.2) is 0 Å².